The highest BCUT2D eigenvalue weighted by Gasteiger charge is 2.65. The number of ether oxygens (including phenoxy) is 5. The molecule has 0 atom stereocenters. The Morgan fingerprint density at radius 2 is 1.15 bits per heavy atom. The summed E-state index contributed by atoms with van der Waals surface area (Å²) in [6.45, 7) is 0. The van der Waals surface area contributed by atoms with Gasteiger partial charge in [0, 0.05) is 10.2 Å². The monoisotopic (exact) mass is 525 g/mol. The molecule has 0 saturated heterocycles. The van der Waals surface area contributed by atoms with E-state index >= 15 is 0 Å². The molecule has 33 heavy (non-hydrogen) atoms. The molecule has 0 unspecified atom stereocenters. The molecule has 1 aliphatic carbocycles. The minimum Gasteiger partial charge on any atom is -0.468 e. The van der Waals surface area contributed by atoms with E-state index in [1.807, 2.05) is 0 Å². The van der Waals surface area contributed by atoms with Gasteiger partial charge in [0.1, 0.15) is 0 Å². The van der Waals surface area contributed by atoms with E-state index in [2.05, 4.69) is 21.2 Å². The third-order valence-corrected chi connectivity index (χ3v) is 5.29. The SMILES string of the molecule is COC(=O)C1=C(Nc2ccc(Br)cc2)C(C(=O)OC)(C(=O)OC)C(C(=O)OC)=C1C(=O)OC. The zero-order valence-corrected chi connectivity index (χ0v) is 19.9. The van der Waals surface area contributed by atoms with Crippen LogP contribution in [0.25, 0.3) is 0 Å². The smallest absolute Gasteiger partial charge is 0.340 e. The average Bonchev–Trinajstić information content (AvgIpc) is 3.14. The first-order valence-corrected chi connectivity index (χ1v) is 9.89. The summed E-state index contributed by atoms with van der Waals surface area (Å²) >= 11 is 3.28. The summed E-state index contributed by atoms with van der Waals surface area (Å²) in [6, 6.07) is 6.34. The van der Waals surface area contributed by atoms with Gasteiger partial charge in [-0.15, -0.1) is 0 Å². The molecule has 0 radical (unpaired) electrons. The van der Waals surface area contributed by atoms with E-state index in [4.69, 9.17) is 23.7 Å². The molecular weight excluding hydrogens is 506 g/mol. The highest BCUT2D eigenvalue weighted by Crippen LogP contribution is 2.50. The van der Waals surface area contributed by atoms with E-state index < -0.39 is 57.7 Å². The number of benzene rings is 1. The van der Waals surface area contributed by atoms with Crippen molar-refractivity contribution >= 4 is 51.5 Å². The summed E-state index contributed by atoms with van der Waals surface area (Å²) in [5.41, 5.74) is -5.11. The lowest BCUT2D eigenvalue weighted by molar-refractivity contribution is -0.165. The number of carbonyl (C=O) groups is 5. The van der Waals surface area contributed by atoms with Gasteiger partial charge in [-0.1, -0.05) is 15.9 Å². The van der Waals surface area contributed by atoms with Gasteiger partial charge in [0.15, 0.2) is 0 Å². The van der Waals surface area contributed by atoms with Crippen molar-refractivity contribution in [2.75, 3.05) is 40.9 Å². The fourth-order valence-electron chi connectivity index (χ4n) is 3.35. The third kappa shape index (κ3) is 4.21. The highest BCUT2D eigenvalue weighted by molar-refractivity contribution is 9.10. The van der Waals surface area contributed by atoms with Crippen LogP contribution in [0, 0.1) is 5.41 Å². The molecule has 1 N–H and O–H groups in total. The molecule has 0 fully saturated rings. The van der Waals surface area contributed by atoms with Crippen molar-refractivity contribution in [2.24, 2.45) is 5.41 Å². The summed E-state index contributed by atoms with van der Waals surface area (Å²) < 4.78 is 24.6. The van der Waals surface area contributed by atoms with Crippen molar-refractivity contribution in [3.63, 3.8) is 0 Å². The van der Waals surface area contributed by atoms with E-state index in [1.165, 1.54) is 0 Å². The van der Waals surface area contributed by atoms with Crippen LogP contribution in [-0.2, 0) is 47.7 Å². The molecule has 0 heterocycles. The average molecular weight is 526 g/mol. The topological polar surface area (TPSA) is 144 Å². The van der Waals surface area contributed by atoms with Crippen LogP contribution in [0.1, 0.15) is 0 Å². The predicted octanol–water partition coefficient (Wildman–Crippen LogP) is 1.28. The molecule has 1 aliphatic rings. The van der Waals surface area contributed by atoms with Gasteiger partial charge in [-0.2, -0.15) is 0 Å². The molecule has 0 saturated carbocycles. The Labute approximate surface area is 196 Å². The van der Waals surface area contributed by atoms with Crippen molar-refractivity contribution in [3.05, 3.63) is 51.2 Å². The Kier molecular flexibility index (Phi) is 7.99. The highest BCUT2D eigenvalue weighted by atomic mass is 79.9. The molecule has 0 aromatic heterocycles. The Bertz CT molecular complexity index is 1060. The number of esters is 5. The van der Waals surface area contributed by atoms with Gasteiger partial charge < -0.3 is 29.0 Å². The summed E-state index contributed by atoms with van der Waals surface area (Å²) in [5, 5.41) is 2.77. The molecule has 176 valence electrons. The molecule has 1 aromatic rings. The van der Waals surface area contributed by atoms with Crippen LogP contribution in [0.3, 0.4) is 0 Å². The Hall–Kier alpha value is -3.67. The second-order valence-corrected chi connectivity index (χ2v) is 7.26. The zero-order valence-electron chi connectivity index (χ0n) is 18.3. The Balaban J connectivity index is 3.10. The van der Waals surface area contributed by atoms with Gasteiger partial charge >= 0.3 is 29.8 Å². The maximum atomic E-state index is 13.2. The van der Waals surface area contributed by atoms with Gasteiger partial charge in [-0.25, -0.2) is 14.4 Å². The van der Waals surface area contributed by atoms with E-state index in [0.29, 0.717) is 4.47 Å². The number of rotatable bonds is 7. The van der Waals surface area contributed by atoms with Crippen LogP contribution in [0.4, 0.5) is 5.69 Å². The number of carbonyl (C=O) groups excluding carboxylic acids is 5. The van der Waals surface area contributed by atoms with Crippen molar-refractivity contribution in [2.45, 2.75) is 0 Å². The minimum absolute atomic E-state index is 0.280. The van der Waals surface area contributed by atoms with Crippen molar-refractivity contribution < 1.29 is 47.7 Å². The van der Waals surface area contributed by atoms with Gasteiger partial charge in [-0.05, 0) is 24.3 Å². The number of halogens is 1. The van der Waals surface area contributed by atoms with E-state index in [1.54, 1.807) is 24.3 Å². The molecule has 0 aliphatic heterocycles. The number of anilines is 1. The van der Waals surface area contributed by atoms with E-state index in [9.17, 15) is 24.0 Å². The minimum atomic E-state index is -2.74. The van der Waals surface area contributed by atoms with Crippen molar-refractivity contribution in [1.29, 1.82) is 0 Å². The largest absolute Gasteiger partial charge is 0.468 e. The van der Waals surface area contributed by atoms with Crippen LogP contribution < -0.4 is 5.32 Å². The van der Waals surface area contributed by atoms with Crippen LogP contribution >= 0.6 is 15.9 Å². The van der Waals surface area contributed by atoms with Crippen molar-refractivity contribution in [1.82, 2.24) is 0 Å². The summed E-state index contributed by atoms with van der Waals surface area (Å²) in [7, 11) is 4.86. The van der Waals surface area contributed by atoms with Crippen LogP contribution in [0.2, 0.25) is 0 Å². The Morgan fingerprint density at radius 3 is 1.58 bits per heavy atom. The van der Waals surface area contributed by atoms with E-state index in [-0.39, 0.29) is 5.69 Å². The predicted molar refractivity (Wildman–Crippen MR) is 114 cm³/mol. The molecule has 11 nitrogen and oxygen atoms in total. The van der Waals surface area contributed by atoms with Crippen LogP contribution in [0.15, 0.2) is 51.2 Å². The fourth-order valence-corrected chi connectivity index (χ4v) is 3.62. The quantitative estimate of drug-likeness (QED) is 0.312. The first kappa shape index (κ1) is 25.6. The molecule has 0 spiro atoms. The lowest BCUT2D eigenvalue weighted by atomic mass is 9.78. The standard InChI is InChI=1S/C21H20BrNO10/c1-29-16(24)12-13(17(25)30-2)15(23-11-8-6-10(22)7-9-11)21(19(27)32-4,20(28)33-5)14(12)18(26)31-3/h6-9,23H,1-5H3. The van der Waals surface area contributed by atoms with Gasteiger partial charge in [0.25, 0.3) is 0 Å². The first-order chi connectivity index (χ1) is 15.6. The zero-order chi connectivity index (χ0) is 24.9. The van der Waals surface area contributed by atoms with Gasteiger partial charge in [-0.3, -0.25) is 9.59 Å². The summed E-state index contributed by atoms with van der Waals surface area (Å²) in [6.07, 6.45) is 0. The molecule has 2 rings (SSSR count). The maximum absolute atomic E-state index is 13.2. The normalized spacial score (nSPS) is 14.4. The maximum Gasteiger partial charge on any atom is 0.340 e. The lowest BCUT2D eigenvalue weighted by Crippen LogP contribution is -2.47. The molecule has 0 bridgehead atoms. The fraction of sp³-hybridized carbons (Fsp3) is 0.286. The first-order valence-electron chi connectivity index (χ1n) is 9.09. The number of hydrogen-bond acceptors (Lipinski definition) is 11. The van der Waals surface area contributed by atoms with Gasteiger partial charge in [0.2, 0.25) is 5.41 Å². The Morgan fingerprint density at radius 1 is 0.697 bits per heavy atom. The summed E-state index contributed by atoms with van der Waals surface area (Å²) in [5.74, 6) is -6.28. The number of hydrogen-bond donors (Lipinski definition) is 1. The second-order valence-electron chi connectivity index (χ2n) is 6.34. The molecule has 0 amide bonds. The number of methoxy groups -OCH3 is 5. The van der Waals surface area contributed by atoms with Gasteiger partial charge in [0.05, 0.1) is 58.0 Å². The molecule has 1 aromatic carbocycles. The lowest BCUT2D eigenvalue weighted by Gasteiger charge is -2.29. The van der Waals surface area contributed by atoms with Crippen molar-refractivity contribution in [3.8, 4) is 0 Å². The van der Waals surface area contributed by atoms with Crippen LogP contribution in [0.5, 0.6) is 0 Å². The van der Waals surface area contributed by atoms with Crippen LogP contribution in [-0.4, -0.2) is 65.4 Å². The third-order valence-electron chi connectivity index (χ3n) is 4.77. The molecule has 12 heteroatoms. The second kappa shape index (κ2) is 10.3. The van der Waals surface area contributed by atoms with E-state index in [0.717, 1.165) is 35.5 Å². The number of nitrogens with one attached hydrogen (secondary N) is 1. The molecular formula is C21H20BrNO10. The summed E-state index contributed by atoms with van der Waals surface area (Å²) in [4.78, 5) is 64.9.